The summed E-state index contributed by atoms with van der Waals surface area (Å²) in [5, 5.41) is 7.80. The van der Waals surface area contributed by atoms with Crippen LogP contribution in [0.5, 0.6) is 0 Å². The Kier molecular flexibility index (Phi) is 4.33. The molecule has 32 heavy (non-hydrogen) atoms. The van der Waals surface area contributed by atoms with Crippen LogP contribution in [0.4, 0.5) is 0 Å². The van der Waals surface area contributed by atoms with E-state index in [1.165, 1.54) is 65.7 Å². The number of rotatable bonds is 2. The summed E-state index contributed by atoms with van der Waals surface area (Å²) in [4.78, 5) is 0. The Bertz CT molecular complexity index is 1640. The molecule has 0 saturated heterocycles. The van der Waals surface area contributed by atoms with E-state index in [4.69, 9.17) is 0 Å². The van der Waals surface area contributed by atoms with Crippen molar-refractivity contribution < 1.29 is 0 Å². The van der Waals surface area contributed by atoms with E-state index in [1.807, 2.05) is 0 Å². The molecule has 0 aliphatic heterocycles. The van der Waals surface area contributed by atoms with Gasteiger partial charge in [-0.25, -0.2) is 0 Å². The molecule has 0 fully saturated rings. The summed E-state index contributed by atoms with van der Waals surface area (Å²) in [6, 6.07) is 40.1. The van der Waals surface area contributed by atoms with Gasteiger partial charge in [0.1, 0.15) is 0 Å². The van der Waals surface area contributed by atoms with Gasteiger partial charge in [-0.3, -0.25) is 0 Å². The van der Waals surface area contributed by atoms with Crippen LogP contribution in [0.15, 0.2) is 109 Å². The summed E-state index contributed by atoms with van der Waals surface area (Å²) in [6.07, 6.45) is 0. The maximum Gasteiger partial charge on any atom is -0.00987 e. The third-order valence-electron chi connectivity index (χ3n) is 6.66. The minimum Gasteiger partial charge on any atom is -0.0616 e. The lowest BCUT2D eigenvalue weighted by atomic mass is 9.89. The van der Waals surface area contributed by atoms with Crippen LogP contribution in [0.3, 0.4) is 0 Å². The van der Waals surface area contributed by atoms with Gasteiger partial charge in [-0.1, -0.05) is 109 Å². The summed E-state index contributed by atoms with van der Waals surface area (Å²) in [5.74, 6) is 0. The Labute approximate surface area is 188 Å². The molecule has 0 aliphatic rings. The quantitative estimate of drug-likeness (QED) is 0.268. The van der Waals surface area contributed by atoms with Crippen molar-refractivity contribution in [2.45, 2.75) is 13.8 Å². The van der Waals surface area contributed by atoms with Crippen molar-refractivity contribution in [3.05, 3.63) is 120 Å². The van der Waals surface area contributed by atoms with Crippen molar-refractivity contribution in [1.82, 2.24) is 0 Å². The molecular formula is C32H24. The molecule has 0 heteroatoms. The van der Waals surface area contributed by atoms with E-state index in [0.717, 1.165) is 0 Å². The molecule has 0 radical (unpaired) electrons. The van der Waals surface area contributed by atoms with E-state index in [1.54, 1.807) is 0 Å². The average Bonchev–Trinajstić information content (AvgIpc) is 2.84. The van der Waals surface area contributed by atoms with Gasteiger partial charge in [-0.2, -0.15) is 0 Å². The van der Waals surface area contributed by atoms with Gasteiger partial charge in [0.15, 0.2) is 0 Å². The molecule has 0 aliphatic carbocycles. The van der Waals surface area contributed by atoms with E-state index in [2.05, 4.69) is 123 Å². The first-order valence-corrected chi connectivity index (χ1v) is 11.2. The predicted octanol–water partition coefficient (Wildman–Crippen LogP) is 9.10. The lowest BCUT2D eigenvalue weighted by molar-refractivity contribution is 1.50. The number of hydrogen-bond acceptors (Lipinski definition) is 0. The van der Waals surface area contributed by atoms with Gasteiger partial charge in [0, 0.05) is 0 Å². The molecule has 0 unspecified atom stereocenters. The van der Waals surface area contributed by atoms with E-state index >= 15 is 0 Å². The Hall–Kier alpha value is -3.90. The fourth-order valence-corrected chi connectivity index (χ4v) is 5.00. The zero-order valence-corrected chi connectivity index (χ0v) is 18.4. The first-order valence-electron chi connectivity index (χ1n) is 11.2. The second-order valence-electron chi connectivity index (χ2n) is 8.75. The molecule has 6 aromatic carbocycles. The number of benzene rings is 6. The predicted molar refractivity (Wildman–Crippen MR) is 139 cm³/mol. The van der Waals surface area contributed by atoms with Gasteiger partial charge in [0.25, 0.3) is 0 Å². The molecule has 6 aromatic rings. The zero-order chi connectivity index (χ0) is 21.7. The first-order chi connectivity index (χ1) is 15.7. The molecule has 0 spiro atoms. The van der Waals surface area contributed by atoms with Gasteiger partial charge in [0.2, 0.25) is 0 Å². The highest BCUT2D eigenvalue weighted by molar-refractivity contribution is 6.10. The summed E-state index contributed by atoms with van der Waals surface area (Å²) in [6.45, 7) is 4.34. The monoisotopic (exact) mass is 408 g/mol. The maximum absolute atomic E-state index is 2.32. The molecule has 0 nitrogen and oxygen atoms in total. The van der Waals surface area contributed by atoms with E-state index in [0.29, 0.717) is 0 Å². The molecule has 0 atom stereocenters. The molecule has 0 saturated carbocycles. The van der Waals surface area contributed by atoms with Crippen LogP contribution in [0.25, 0.3) is 54.6 Å². The molecule has 6 rings (SSSR count). The second-order valence-corrected chi connectivity index (χ2v) is 8.75. The zero-order valence-electron chi connectivity index (χ0n) is 18.4. The summed E-state index contributed by atoms with van der Waals surface area (Å²) < 4.78 is 0. The van der Waals surface area contributed by atoms with Crippen molar-refractivity contribution in [3.8, 4) is 22.3 Å². The van der Waals surface area contributed by atoms with Crippen LogP contribution < -0.4 is 0 Å². The van der Waals surface area contributed by atoms with Crippen molar-refractivity contribution >= 4 is 32.3 Å². The first kappa shape index (κ1) is 18.8. The van der Waals surface area contributed by atoms with Crippen LogP contribution in [-0.2, 0) is 0 Å². The topological polar surface area (TPSA) is 0 Å². The van der Waals surface area contributed by atoms with Gasteiger partial charge in [-0.15, -0.1) is 0 Å². The Morgan fingerprint density at radius 2 is 0.938 bits per heavy atom. The molecule has 0 bridgehead atoms. The van der Waals surface area contributed by atoms with E-state index in [9.17, 15) is 0 Å². The van der Waals surface area contributed by atoms with Gasteiger partial charge < -0.3 is 0 Å². The maximum atomic E-state index is 2.32. The minimum atomic E-state index is 1.26. The summed E-state index contributed by atoms with van der Waals surface area (Å²) in [7, 11) is 0. The Morgan fingerprint density at radius 1 is 0.406 bits per heavy atom. The lowest BCUT2D eigenvalue weighted by Crippen LogP contribution is -1.89. The number of aryl methyl sites for hydroxylation is 2. The van der Waals surface area contributed by atoms with Crippen LogP contribution in [-0.4, -0.2) is 0 Å². The molecule has 0 amide bonds. The van der Waals surface area contributed by atoms with E-state index < -0.39 is 0 Å². The lowest BCUT2D eigenvalue weighted by Gasteiger charge is -2.15. The molecule has 0 heterocycles. The van der Waals surface area contributed by atoms with Crippen LogP contribution in [0.1, 0.15) is 11.1 Å². The van der Waals surface area contributed by atoms with Gasteiger partial charge in [-0.05, 0) is 80.0 Å². The number of fused-ring (bicyclic) bond motifs is 3. The fraction of sp³-hybridized carbons (Fsp3) is 0.0625. The highest BCUT2D eigenvalue weighted by Gasteiger charge is 2.12. The SMILES string of the molecule is Cc1ccc2cc(-c3ccc(-c4ccc(C)c5ccccc45)c4ccccc34)ccc2c1. The third kappa shape index (κ3) is 2.99. The van der Waals surface area contributed by atoms with Crippen molar-refractivity contribution in [2.75, 3.05) is 0 Å². The summed E-state index contributed by atoms with van der Waals surface area (Å²) >= 11 is 0. The average molecular weight is 409 g/mol. The second kappa shape index (κ2) is 7.35. The normalized spacial score (nSPS) is 11.4. The van der Waals surface area contributed by atoms with Crippen LogP contribution >= 0.6 is 0 Å². The van der Waals surface area contributed by atoms with Gasteiger partial charge >= 0.3 is 0 Å². The summed E-state index contributed by atoms with van der Waals surface area (Å²) in [5.41, 5.74) is 7.74. The third-order valence-corrected chi connectivity index (χ3v) is 6.66. The van der Waals surface area contributed by atoms with Crippen molar-refractivity contribution in [3.63, 3.8) is 0 Å². The largest absolute Gasteiger partial charge is 0.0616 e. The Balaban J connectivity index is 1.60. The smallest absolute Gasteiger partial charge is 0.00987 e. The fourth-order valence-electron chi connectivity index (χ4n) is 5.00. The van der Waals surface area contributed by atoms with Crippen molar-refractivity contribution in [1.29, 1.82) is 0 Å². The highest BCUT2D eigenvalue weighted by Crippen LogP contribution is 2.39. The van der Waals surface area contributed by atoms with E-state index in [-0.39, 0.29) is 0 Å². The van der Waals surface area contributed by atoms with Crippen molar-refractivity contribution in [2.24, 2.45) is 0 Å². The van der Waals surface area contributed by atoms with Crippen LogP contribution in [0.2, 0.25) is 0 Å². The standard InChI is InChI=1S/C32H24/c1-21-11-13-24-20-25(15-14-23(24)19-21)27-17-18-32(30-10-6-5-9-29(27)30)31-16-12-22(2)26-7-3-4-8-28(26)31/h3-20H,1-2H3. The molecule has 0 N–H and O–H groups in total. The Morgan fingerprint density at radius 3 is 1.69 bits per heavy atom. The molecular weight excluding hydrogens is 384 g/mol. The molecule has 0 aromatic heterocycles. The highest BCUT2D eigenvalue weighted by atomic mass is 14.2. The minimum absolute atomic E-state index is 1.26. The number of hydrogen-bond donors (Lipinski definition) is 0. The molecule has 152 valence electrons. The van der Waals surface area contributed by atoms with Crippen LogP contribution in [0, 0.1) is 13.8 Å². The van der Waals surface area contributed by atoms with Gasteiger partial charge in [0.05, 0.1) is 0 Å².